The van der Waals surface area contributed by atoms with E-state index in [0.29, 0.717) is 5.02 Å². The lowest BCUT2D eigenvalue weighted by Gasteiger charge is -2.27. The van der Waals surface area contributed by atoms with Gasteiger partial charge in [-0.05, 0) is 49.8 Å². The van der Waals surface area contributed by atoms with Crippen LogP contribution in [-0.2, 0) is 11.2 Å². The standard InChI is InChI=1S/C16H22ClNO2/c1-11(10-12-2-4-13(17)5-3-12)16(20)18-14-6-8-15(19)9-7-14/h2-5,11,14-15,19H,6-10H2,1H3,(H,18,20). The van der Waals surface area contributed by atoms with E-state index >= 15 is 0 Å². The van der Waals surface area contributed by atoms with Crippen LogP contribution in [0.15, 0.2) is 24.3 Å². The Bertz CT molecular complexity index is 438. The fourth-order valence-electron chi connectivity index (χ4n) is 2.63. The average Bonchev–Trinajstić information content (AvgIpc) is 2.44. The number of hydrogen-bond donors (Lipinski definition) is 2. The van der Waals surface area contributed by atoms with Crippen molar-refractivity contribution in [3.8, 4) is 0 Å². The van der Waals surface area contributed by atoms with E-state index < -0.39 is 0 Å². The van der Waals surface area contributed by atoms with E-state index in [1.54, 1.807) is 0 Å². The first kappa shape index (κ1) is 15.3. The monoisotopic (exact) mass is 295 g/mol. The summed E-state index contributed by atoms with van der Waals surface area (Å²) in [6.45, 7) is 1.95. The van der Waals surface area contributed by atoms with Crippen molar-refractivity contribution in [2.24, 2.45) is 5.92 Å². The first-order valence-corrected chi connectivity index (χ1v) is 7.65. The van der Waals surface area contributed by atoms with Crippen molar-refractivity contribution in [1.82, 2.24) is 5.32 Å². The average molecular weight is 296 g/mol. The quantitative estimate of drug-likeness (QED) is 0.897. The molecular formula is C16H22ClNO2. The van der Waals surface area contributed by atoms with E-state index in [2.05, 4.69) is 5.32 Å². The van der Waals surface area contributed by atoms with Crippen molar-refractivity contribution < 1.29 is 9.90 Å². The van der Waals surface area contributed by atoms with Gasteiger partial charge < -0.3 is 10.4 Å². The predicted octanol–water partition coefficient (Wildman–Crippen LogP) is 2.94. The Labute approximate surface area is 125 Å². The number of carbonyl (C=O) groups is 1. The lowest BCUT2D eigenvalue weighted by Crippen LogP contribution is -2.41. The Hall–Kier alpha value is -1.06. The zero-order chi connectivity index (χ0) is 14.5. The molecule has 1 unspecified atom stereocenters. The van der Waals surface area contributed by atoms with Crippen LogP contribution in [0, 0.1) is 5.92 Å². The lowest BCUT2D eigenvalue weighted by atomic mass is 9.92. The molecule has 0 spiro atoms. The number of carbonyl (C=O) groups excluding carboxylic acids is 1. The molecule has 1 amide bonds. The number of hydrogen-bond acceptors (Lipinski definition) is 2. The van der Waals surface area contributed by atoms with E-state index in [4.69, 9.17) is 11.6 Å². The highest BCUT2D eigenvalue weighted by molar-refractivity contribution is 6.30. The van der Waals surface area contributed by atoms with E-state index in [-0.39, 0.29) is 24.0 Å². The number of benzene rings is 1. The third-order valence-electron chi connectivity index (χ3n) is 3.95. The van der Waals surface area contributed by atoms with Gasteiger partial charge in [0.15, 0.2) is 0 Å². The molecule has 2 N–H and O–H groups in total. The fourth-order valence-corrected chi connectivity index (χ4v) is 2.76. The molecule has 0 saturated heterocycles. The molecule has 0 aromatic heterocycles. The molecule has 1 aliphatic rings. The van der Waals surface area contributed by atoms with Crippen molar-refractivity contribution in [3.63, 3.8) is 0 Å². The molecule has 20 heavy (non-hydrogen) atoms. The molecule has 1 atom stereocenters. The van der Waals surface area contributed by atoms with Crippen LogP contribution in [0.3, 0.4) is 0 Å². The second kappa shape index (κ2) is 7.09. The Morgan fingerprint density at radius 2 is 1.90 bits per heavy atom. The first-order valence-electron chi connectivity index (χ1n) is 7.27. The van der Waals surface area contributed by atoms with Gasteiger partial charge in [0.25, 0.3) is 0 Å². The van der Waals surface area contributed by atoms with Gasteiger partial charge in [0.2, 0.25) is 5.91 Å². The van der Waals surface area contributed by atoms with Crippen molar-refractivity contribution in [3.05, 3.63) is 34.9 Å². The van der Waals surface area contributed by atoms with Gasteiger partial charge in [-0.25, -0.2) is 0 Å². The molecule has 1 aromatic rings. The molecule has 0 aliphatic heterocycles. The molecule has 4 heteroatoms. The largest absolute Gasteiger partial charge is 0.393 e. The summed E-state index contributed by atoms with van der Waals surface area (Å²) in [4.78, 5) is 12.2. The normalized spacial score (nSPS) is 24.1. The number of rotatable bonds is 4. The number of amides is 1. The zero-order valence-electron chi connectivity index (χ0n) is 11.8. The van der Waals surface area contributed by atoms with Gasteiger partial charge >= 0.3 is 0 Å². The molecule has 1 saturated carbocycles. The van der Waals surface area contributed by atoms with Crippen LogP contribution in [0.5, 0.6) is 0 Å². The minimum Gasteiger partial charge on any atom is -0.393 e. The van der Waals surface area contributed by atoms with Crippen LogP contribution < -0.4 is 5.32 Å². The summed E-state index contributed by atoms with van der Waals surface area (Å²) in [6, 6.07) is 7.85. The Kier molecular flexibility index (Phi) is 5.44. The van der Waals surface area contributed by atoms with Gasteiger partial charge in [0, 0.05) is 17.0 Å². The maximum Gasteiger partial charge on any atom is 0.223 e. The molecule has 110 valence electrons. The van der Waals surface area contributed by atoms with E-state index in [0.717, 1.165) is 37.7 Å². The molecule has 2 rings (SSSR count). The van der Waals surface area contributed by atoms with Gasteiger partial charge in [-0.15, -0.1) is 0 Å². The predicted molar refractivity (Wildman–Crippen MR) is 80.7 cm³/mol. The molecule has 0 heterocycles. The maximum absolute atomic E-state index is 12.2. The summed E-state index contributed by atoms with van der Waals surface area (Å²) < 4.78 is 0. The number of halogens is 1. The van der Waals surface area contributed by atoms with E-state index in [1.807, 2.05) is 31.2 Å². The van der Waals surface area contributed by atoms with Crippen molar-refractivity contribution in [2.45, 2.75) is 51.2 Å². The number of nitrogens with one attached hydrogen (secondary N) is 1. The summed E-state index contributed by atoms with van der Waals surface area (Å²) >= 11 is 5.85. The highest BCUT2D eigenvalue weighted by Crippen LogP contribution is 2.19. The minimum absolute atomic E-state index is 0.0528. The van der Waals surface area contributed by atoms with Gasteiger partial charge in [-0.2, -0.15) is 0 Å². The van der Waals surface area contributed by atoms with Crippen LogP contribution in [0.1, 0.15) is 38.2 Å². The number of aliphatic hydroxyl groups is 1. The molecule has 3 nitrogen and oxygen atoms in total. The molecule has 1 aromatic carbocycles. The number of aliphatic hydroxyl groups excluding tert-OH is 1. The fraction of sp³-hybridized carbons (Fsp3) is 0.562. The smallest absolute Gasteiger partial charge is 0.223 e. The van der Waals surface area contributed by atoms with Gasteiger partial charge in [0.05, 0.1) is 6.10 Å². The van der Waals surface area contributed by atoms with Crippen molar-refractivity contribution >= 4 is 17.5 Å². The summed E-state index contributed by atoms with van der Waals surface area (Å²) in [6.07, 6.45) is 3.86. The van der Waals surface area contributed by atoms with Crippen molar-refractivity contribution in [2.75, 3.05) is 0 Å². The van der Waals surface area contributed by atoms with Crippen LogP contribution >= 0.6 is 11.6 Å². The van der Waals surface area contributed by atoms with E-state index in [1.165, 1.54) is 0 Å². The van der Waals surface area contributed by atoms with Gasteiger partial charge in [-0.1, -0.05) is 30.7 Å². The molecule has 1 fully saturated rings. The maximum atomic E-state index is 12.2. The molecular weight excluding hydrogens is 274 g/mol. The lowest BCUT2D eigenvalue weighted by molar-refractivity contribution is -0.125. The SMILES string of the molecule is CC(Cc1ccc(Cl)cc1)C(=O)NC1CCC(O)CC1. The van der Waals surface area contributed by atoms with Crippen LogP contribution in [0.4, 0.5) is 0 Å². The highest BCUT2D eigenvalue weighted by atomic mass is 35.5. The van der Waals surface area contributed by atoms with E-state index in [9.17, 15) is 9.90 Å². The second-order valence-corrected chi connectivity index (χ2v) is 6.18. The third-order valence-corrected chi connectivity index (χ3v) is 4.20. The third kappa shape index (κ3) is 4.50. The summed E-state index contributed by atoms with van der Waals surface area (Å²) in [5, 5.41) is 13.3. The topological polar surface area (TPSA) is 49.3 Å². The summed E-state index contributed by atoms with van der Waals surface area (Å²) in [5.74, 6) is 0.0457. The zero-order valence-corrected chi connectivity index (χ0v) is 12.6. The van der Waals surface area contributed by atoms with Crippen LogP contribution in [-0.4, -0.2) is 23.2 Å². The minimum atomic E-state index is -0.186. The Morgan fingerprint density at radius 3 is 2.50 bits per heavy atom. The summed E-state index contributed by atoms with van der Waals surface area (Å²) in [5.41, 5.74) is 1.12. The van der Waals surface area contributed by atoms with Gasteiger partial charge in [-0.3, -0.25) is 4.79 Å². The summed E-state index contributed by atoms with van der Waals surface area (Å²) in [7, 11) is 0. The highest BCUT2D eigenvalue weighted by Gasteiger charge is 2.22. The first-order chi connectivity index (χ1) is 9.54. The molecule has 0 radical (unpaired) electrons. The Morgan fingerprint density at radius 1 is 1.30 bits per heavy atom. The van der Waals surface area contributed by atoms with Gasteiger partial charge in [0.1, 0.15) is 0 Å². The van der Waals surface area contributed by atoms with Crippen molar-refractivity contribution in [1.29, 1.82) is 0 Å². The van der Waals surface area contributed by atoms with Crippen LogP contribution in [0.25, 0.3) is 0 Å². The Balaban J connectivity index is 1.81. The second-order valence-electron chi connectivity index (χ2n) is 5.75. The van der Waals surface area contributed by atoms with Crippen LogP contribution in [0.2, 0.25) is 5.02 Å². The molecule has 1 aliphatic carbocycles. The molecule has 0 bridgehead atoms.